The second kappa shape index (κ2) is 4.81. The van der Waals surface area contributed by atoms with Gasteiger partial charge in [0.15, 0.2) is 0 Å². The standard InChI is InChI=1S/C10H9F3N4S/c11-10(12,13)8-4-2-1-3-7(8)5-15-17-6-14-16-9(17)18/h1-4,6,15H,5H2,(H,16,18). The zero-order chi connectivity index (χ0) is 13.2. The van der Waals surface area contributed by atoms with Gasteiger partial charge in [-0.2, -0.15) is 18.3 Å². The number of aromatic nitrogens is 3. The average Bonchev–Trinajstić information content (AvgIpc) is 2.71. The van der Waals surface area contributed by atoms with E-state index in [0.29, 0.717) is 4.77 Å². The van der Waals surface area contributed by atoms with Crippen LogP contribution in [0, 0.1) is 4.77 Å². The summed E-state index contributed by atoms with van der Waals surface area (Å²) in [5, 5.41) is 6.15. The minimum atomic E-state index is -4.36. The van der Waals surface area contributed by atoms with Crippen molar-refractivity contribution in [2.45, 2.75) is 12.7 Å². The molecule has 0 aliphatic carbocycles. The Morgan fingerprint density at radius 2 is 2.06 bits per heavy atom. The number of hydrogen-bond acceptors (Lipinski definition) is 3. The van der Waals surface area contributed by atoms with Crippen LogP contribution < -0.4 is 5.43 Å². The molecule has 0 aliphatic rings. The molecule has 0 bridgehead atoms. The number of benzene rings is 1. The van der Waals surface area contributed by atoms with Gasteiger partial charge >= 0.3 is 6.18 Å². The Morgan fingerprint density at radius 1 is 1.33 bits per heavy atom. The van der Waals surface area contributed by atoms with Crippen molar-refractivity contribution in [2.75, 3.05) is 5.43 Å². The van der Waals surface area contributed by atoms with Crippen molar-refractivity contribution in [3.05, 3.63) is 46.5 Å². The van der Waals surface area contributed by atoms with E-state index < -0.39 is 11.7 Å². The number of nitrogens with zero attached hydrogens (tertiary/aromatic N) is 2. The lowest BCUT2D eigenvalue weighted by atomic mass is 10.1. The molecule has 1 aromatic carbocycles. The van der Waals surface area contributed by atoms with Crippen LogP contribution in [0.25, 0.3) is 0 Å². The molecule has 0 unspecified atom stereocenters. The van der Waals surface area contributed by atoms with E-state index in [2.05, 4.69) is 15.6 Å². The highest BCUT2D eigenvalue weighted by Crippen LogP contribution is 2.31. The summed E-state index contributed by atoms with van der Waals surface area (Å²) < 4.78 is 39.8. The maximum atomic E-state index is 12.7. The number of H-pyrrole nitrogens is 1. The highest BCUT2D eigenvalue weighted by molar-refractivity contribution is 7.71. The van der Waals surface area contributed by atoms with E-state index in [0.717, 1.165) is 6.07 Å². The van der Waals surface area contributed by atoms with Crippen LogP contribution in [0.1, 0.15) is 11.1 Å². The Morgan fingerprint density at radius 3 is 2.67 bits per heavy atom. The SMILES string of the molecule is FC(F)(F)c1ccccc1CNn1cn[nH]c1=S. The lowest BCUT2D eigenvalue weighted by Gasteiger charge is -2.13. The molecule has 0 radical (unpaired) electrons. The molecule has 0 fully saturated rings. The molecule has 96 valence electrons. The van der Waals surface area contributed by atoms with E-state index in [1.807, 2.05) is 0 Å². The van der Waals surface area contributed by atoms with Crippen molar-refractivity contribution < 1.29 is 13.2 Å². The minimum Gasteiger partial charge on any atom is -0.318 e. The third-order valence-corrected chi connectivity index (χ3v) is 2.60. The number of nitrogens with one attached hydrogen (secondary N) is 2. The van der Waals surface area contributed by atoms with Crippen LogP contribution in [0.4, 0.5) is 13.2 Å². The van der Waals surface area contributed by atoms with Gasteiger partial charge in [0.25, 0.3) is 0 Å². The van der Waals surface area contributed by atoms with E-state index in [-0.39, 0.29) is 12.1 Å². The summed E-state index contributed by atoms with van der Waals surface area (Å²) in [7, 11) is 0. The lowest BCUT2D eigenvalue weighted by Crippen LogP contribution is -2.17. The Labute approximate surface area is 105 Å². The molecule has 0 saturated carbocycles. The molecule has 0 saturated heterocycles. The third kappa shape index (κ3) is 2.70. The van der Waals surface area contributed by atoms with Crippen molar-refractivity contribution in [1.29, 1.82) is 0 Å². The average molecular weight is 274 g/mol. The first-order valence-electron chi connectivity index (χ1n) is 4.99. The van der Waals surface area contributed by atoms with Crippen LogP contribution in [0.15, 0.2) is 30.6 Å². The summed E-state index contributed by atoms with van der Waals surface area (Å²) in [5.74, 6) is 0. The monoisotopic (exact) mass is 274 g/mol. The second-order valence-electron chi connectivity index (χ2n) is 3.52. The smallest absolute Gasteiger partial charge is 0.318 e. The van der Waals surface area contributed by atoms with Crippen LogP contribution in [-0.4, -0.2) is 14.9 Å². The quantitative estimate of drug-likeness (QED) is 0.846. The predicted molar refractivity (Wildman–Crippen MR) is 61.9 cm³/mol. The Hall–Kier alpha value is -1.83. The van der Waals surface area contributed by atoms with Crippen LogP contribution >= 0.6 is 12.2 Å². The summed E-state index contributed by atoms with van der Waals surface area (Å²) in [6.07, 6.45) is -3.01. The molecule has 8 heteroatoms. The first-order valence-corrected chi connectivity index (χ1v) is 5.40. The summed E-state index contributed by atoms with van der Waals surface area (Å²) >= 11 is 4.87. The van der Waals surface area contributed by atoms with Gasteiger partial charge in [-0.15, -0.1) is 0 Å². The number of halogens is 3. The zero-order valence-corrected chi connectivity index (χ0v) is 9.85. The summed E-state index contributed by atoms with van der Waals surface area (Å²) in [4.78, 5) is 0. The Bertz CT molecular complexity index is 587. The third-order valence-electron chi connectivity index (χ3n) is 2.31. The zero-order valence-electron chi connectivity index (χ0n) is 9.03. The van der Waals surface area contributed by atoms with Gasteiger partial charge in [-0.25, -0.2) is 4.68 Å². The first-order chi connectivity index (χ1) is 8.48. The number of hydrogen-bond donors (Lipinski definition) is 2. The molecule has 0 amide bonds. The van der Waals surface area contributed by atoms with Gasteiger partial charge in [-0.3, -0.25) is 5.10 Å². The van der Waals surface area contributed by atoms with Crippen molar-refractivity contribution in [3.8, 4) is 0 Å². The molecule has 4 nitrogen and oxygen atoms in total. The molecule has 0 atom stereocenters. The van der Waals surface area contributed by atoms with Crippen molar-refractivity contribution in [1.82, 2.24) is 14.9 Å². The fraction of sp³-hybridized carbons (Fsp3) is 0.200. The van der Waals surface area contributed by atoms with Crippen LogP contribution in [0.3, 0.4) is 0 Å². The van der Waals surface area contributed by atoms with Crippen molar-refractivity contribution in [2.24, 2.45) is 0 Å². The van der Waals surface area contributed by atoms with E-state index in [4.69, 9.17) is 12.2 Å². The van der Waals surface area contributed by atoms with Gasteiger partial charge in [-0.05, 0) is 23.8 Å². The van der Waals surface area contributed by atoms with E-state index in [1.165, 1.54) is 23.1 Å². The molecule has 18 heavy (non-hydrogen) atoms. The highest BCUT2D eigenvalue weighted by Gasteiger charge is 2.32. The maximum Gasteiger partial charge on any atom is 0.416 e. The Balaban J connectivity index is 2.20. The number of aromatic amines is 1. The van der Waals surface area contributed by atoms with Crippen LogP contribution in [0.5, 0.6) is 0 Å². The summed E-state index contributed by atoms with van der Waals surface area (Å²) in [6.45, 7) is 0.00350. The normalized spacial score (nSPS) is 11.5. The first kappa shape index (κ1) is 12.6. The fourth-order valence-electron chi connectivity index (χ4n) is 1.48. The van der Waals surface area contributed by atoms with Crippen LogP contribution in [0.2, 0.25) is 0 Å². The Kier molecular flexibility index (Phi) is 3.37. The molecule has 2 N–H and O–H groups in total. The van der Waals surface area contributed by atoms with Gasteiger partial charge in [-0.1, -0.05) is 18.2 Å². The van der Waals surface area contributed by atoms with Gasteiger partial charge in [0.2, 0.25) is 4.77 Å². The molecule has 1 aromatic heterocycles. The molecule has 0 spiro atoms. The van der Waals surface area contributed by atoms with Gasteiger partial charge in [0, 0.05) is 0 Å². The van der Waals surface area contributed by atoms with E-state index >= 15 is 0 Å². The summed E-state index contributed by atoms with van der Waals surface area (Å²) in [6, 6.07) is 5.38. The number of rotatable bonds is 3. The maximum absolute atomic E-state index is 12.7. The minimum absolute atomic E-state index is 0.00350. The van der Waals surface area contributed by atoms with Gasteiger partial charge in [0.05, 0.1) is 12.1 Å². The van der Waals surface area contributed by atoms with Crippen LogP contribution in [-0.2, 0) is 12.7 Å². The predicted octanol–water partition coefficient (Wildman–Crippen LogP) is 2.70. The van der Waals surface area contributed by atoms with E-state index in [9.17, 15) is 13.2 Å². The van der Waals surface area contributed by atoms with Crippen molar-refractivity contribution in [3.63, 3.8) is 0 Å². The largest absolute Gasteiger partial charge is 0.416 e. The van der Waals surface area contributed by atoms with Gasteiger partial charge < -0.3 is 5.43 Å². The summed E-state index contributed by atoms with van der Waals surface area (Å²) in [5.41, 5.74) is 2.23. The molecule has 2 aromatic rings. The second-order valence-corrected chi connectivity index (χ2v) is 3.91. The molecular weight excluding hydrogens is 265 g/mol. The number of alkyl halides is 3. The molecule has 0 aliphatic heterocycles. The van der Waals surface area contributed by atoms with E-state index in [1.54, 1.807) is 6.07 Å². The highest BCUT2D eigenvalue weighted by atomic mass is 32.1. The lowest BCUT2D eigenvalue weighted by molar-refractivity contribution is -0.138. The molecule has 1 heterocycles. The molecular formula is C10H9F3N4S. The molecule has 2 rings (SSSR count). The fourth-order valence-corrected chi connectivity index (χ4v) is 1.65. The van der Waals surface area contributed by atoms with Crippen molar-refractivity contribution >= 4 is 12.2 Å². The van der Waals surface area contributed by atoms with Gasteiger partial charge in [0.1, 0.15) is 6.33 Å². The topological polar surface area (TPSA) is 45.6 Å².